The summed E-state index contributed by atoms with van der Waals surface area (Å²) in [5.74, 6) is 2.04. The fraction of sp³-hybridized carbons (Fsp3) is 0.438. The molecular weight excluding hydrogens is 278 g/mol. The summed E-state index contributed by atoms with van der Waals surface area (Å²) >= 11 is 0. The molecule has 1 aliphatic heterocycles. The first-order chi connectivity index (χ1) is 10.7. The highest BCUT2D eigenvalue weighted by molar-refractivity contribution is 5.79. The number of anilines is 1. The Morgan fingerprint density at radius 1 is 1.27 bits per heavy atom. The Morgan fingerprint density at radius 3 is 2.91 bits per heavy atom. The lowest BCUT2D eigenvalue weighted by Gasteiger charge is -2.16. The van der Waals surface area contributed by atoms with Crippen molar-refractivity contribution in [2.75, 3.05) is 12.3 Å². The van der Waals surface area contributed by atoms with E-state index in [4.69, 9.17) is 5.73 Å². The number of rotatable bonds is 4. The van der Waals surface area contributed by atoms with Crippen LogP contribution in [-0.4, -0.2) is 37.9 Å². The van der Waals surface area contributed by atoms with Crippen LogP contribution in [0, 0.1) is 5.92 Å². The van der Waals surface area contributed by atoms with Crippen molar-refractivity contribution in [3.05, 3.63) is 30.7 Å². The van der Waals surface area contributed by atoms with E-state index in [9.17, 15) is 4.79 Å². The molecule has 1 amide bonds. The Bertz CT molecular complexity index is 706. The lowest BCUT2D eigenvalue weighted by molar-refractivity contribution is -0.128. The van der Waals surface area contributed by atoms with Crippen LogP contribution in [0.1, 0.15) is 19.3 Å². The topological polar surface area (TPSA) is 77.0 Å². The summed E-state index contributed by atoms with van der Waals surface area (Å²) in [6.45, 7) is 1.69. The number of hydrogen-bond acceptors (Lipinski definition) is 4. The number of carbonyl (C=O) groups is 1. The molecule has 22 heavy (non-hydrogen) atoms. The van der Waals surface area contributed by atoms with E-state index in [2.05, 4.69) is 19.4 Å². The summed E-state index contributed by atoms with van der Waals surface area (Å²) in [5.41, 5.74) is 6.71. The van der Waals surface area contributed by atoms with Crippen molar-refractivity contribution in [2.24, 2.45) is 5.92 Å². The van der Waals surface area contributed by atoms with Crippen molar-refractivity contribution in [2.45, 2.75) is 31.8 Å². The molecule has 3 heterocycles. The highest BCUT2D eigenvalue weighted by Crippen LogP contribution is 2.33. The quantitative estimate of drug-likeness (QED) is 0.928. The number of nitrogens with two attached hydrogens (primary N) is 1. The number of imidazole rings is 1. The standard InChI is InChI=1S/C16H19N5O/c17-14-8-12(3-4-18-14)16-19-5-6-20(16)9-11-7-15(22)21(10-11)13-1-2-13/h3-6,8,11,13H,1-2,7,9-10H2,(H2,17,18). The van der Waals surface area contributed by atoms with Gasteiger partial charge < -0.3 is 15.2 Å². The zero-order valence-electron chi connectivity index (χ0n) is 12.4. The molecule has 2 N–H and O–H groups in total. The molecule has 1 aliphatic carbocycles. The third-order valence-corrected chi connectivity index (χ3v) is 4.44. The molecule has 1 saturated carbocycles. The van der Waals surface area contributed by atoms with Crippen molar-refractivity contribution >= 4 is 11.7 Å². The van der Waals surface area contributed by atoms with E-state index in [-0.39, 0.29) is 0 Å². The second-order valence-electron chi connectivity index (χ2n) is 6.22. The number of amides is 1. The molecule has 2 aliphatic rings. The third-order valence-electron chi connectivity index (χ3n) is 4.44. The van der Waals surface area contributed by atoms with Crippen LogP contribution in [0.2, 0.25) is 0 Å². The predicted octanol–water partition coefficient (Wildman–Crippen LogP) is 1.54. The van der Waals surface area contributed by atoms with Gasteiger partial charge in [-0.2, -0.15) is 0 Å². The first kappa shape index (κ1) is 13.3. The minimum absolute atomic E-state index is 0.308. The fourth-order valence-electron chi connectivity index (χ4n) is 3.25. The molecule has 0 radical (unpaired) electrons. The number of hydrogen-bond donors (Lipinski definition) is 1. The Morgan fingerprint density at radius 2 is 2.14 bits per heavy atom. The van der Waals surface area contributed by atoms with Gasteiger partial charge in [-0.3, -0.25) is 4.79 Å². The maximum absolute atomic E-state index is 12.1. The Labute approximate surface area is 129 Å². The molecule has 0 aromatic carbocycles. The third kappa shape index (κ3) is 2.45. The molecular formula is C16H19N5O. The van der Waals surface area contributed by atoms with E-state index in [1.807, 2.05) is 18.3 Å². The number of nitrogens with zero attached hydrogens (tertiary/aromatic N) is 4. The molecule has 1 atom stereocenters. The van der Waals surface area contributed by atoms with E-state index in [0.717, 1.165) is 24.5 Å². The molecule has 2 aromatic heterocycles. The summed E-state index contributed by atoms with van der Waals surface area (Å²) in [6, 6.07) is 4.25. The van der Waals surface area contributed by atoms with Crippen LogP contribution in [0.3, 0.4) is 0 Å². The number of nitrogen functional groups attached to an aromatic ring is 1. The molecule has 2 fully saturated rings. The lowest BCUT2D eigenvalue weighted by atomic mass is 10.1. The second-order valence-corrected chi connectivity index (χ2v) is 6.22. The van der Waals surface area contributed by atoms with Crippen LogP contribution in [0.5, 0.6) is 0 Å². The average Bonchev–Trinajstić information content (AvgIpc) is 3.12. The van der Waals surface area contributed by atoms with E-state index < -0.39 is 0 Å². The molecule has 1 unspecified atom stereocenters. The van der Waals surface area contributed by atoms with E-state index in [1.165, 1.54) is 12.8 Å². The van der Waals surface area contributed by atoms with Crippen molar-refractivity contribution in [3.8, 4) is 11.4 Å². The highest BCUT2D eigenvalue weighted by atomic mass is 16.2. The van der Waals surface area contributed by atoms with Gasteiger partial charge >= 0.3 is 0 Å². The van der Waals surface area contributed by atoms with Gasteiger partial charge in [0.2, 0.25) is 5.91 Å². The van der Waals surface area contributed by atoms with Crippen LogP contribution >= 0.6 is 0 Å². The van der Waals surface area contributed by atoms with Crippen LogP contribution < -0.4 is 5.73 Å². The maximum atomic E-state index is 12.1. The van der Waals surface area contributed by atoms with Crippen LogP contribution in [0.15, 0.2) is 30.7 Å². The summed E-state index contributed by atoms with van der Waals surface area (Å²) < 4.78 is 2.11. The minimum Gasteiger partial charge on any atom is -0.384 e. The van der Waals surface area contributed by atoms with Crippen molar-refractivity contribution in [3.63, 3.8) is 0 Å². The summed E-state index contributed by atoms with van der Waals surface area (Å²) in [5, 5.41) is 0. The smallest absolute Gasteiger partial charge is 0.223 e. The van der Waals surface area contributed by atoms with Gasteiger partial charge in [-0.1, -0.05) is 0 Å². The normalized spacial score (nSPS) is 21.5. The van der Waals surface area contributed by atoms with Gasteiger partial charge in [0.05, 0.1) is 0 Å². The molecule has 0 spiro atoms. The highest BCUT2D eigenvalue weighted by Gasteiger charge is 2.39. The molecule has 1 saturated heterocycles. The predicted molar refractivity (Wildman–Crippen MR) is 82.7 cm³/mol. The Hall–Kier alpha value is -2.37. The summed E-state index contributed by atoms with van der Waals surface area (Å²) in [4.78, 5) is 22.6. The molecule has 0 bridgehead atoms. The lowest BCUT2D eigenvalue weighted by Crippen LogP contribution is -2.27. The molecule has 6 heteroatoms. The average molecular weight is 297 g/mol. The van der Waals surface area contributed by atoms with Gasteiger partial charge in [0.1, 0.15) is 11.6 Å². The summed E-state index contributed by atoms with van der Waals surface area (Å²) in [6.07, 6.45) is 8.44. The van der Waals surface area contributed by atoms with Crippen LogP contribution in [-0.2, 0) is 11.3 Å². The number of aromatic nitrogens is 3. The van der Waals surface area contributed by atoms with Crippen LogP contribution in [0.25, 0.3) is 11.4 Å². The largest absolute Gasteiger partial charge is 0.384 e. The SMILES string of the molecule is Nc1cc(-c2nccn2CC2CC(=O)N(C3CC3)C2)ccn1. The van der Waals surface area contributed by atoms with E-state index in [0.29, 0.717) is 30.1 Å². The van der Waals surface area contributed by atoms with Gasteiger partial charge in [0.15, 0.2) is 0 Å². The van der Waals surface area contributed by atoms with Crippen molar-refractivity contribution < 1.29 is 4.79 Å². The first-order valence-corrected chi connectivity index (χ1v) is 7.73. The van der Waals surface area contributed by atoms with Crippen LogP contribution in [0.4, 0.5) is 5.82 Å². The first-order valence-electron chi connectivity index (χ1n) is 7.73. The Kier molecular flexibility index (Phi) is 3.10. The zero-order valence-corrected chi connectivity index (χ0v) is 12.4. The van der Waals surface area contributed by atoms with Gasteiger partial charge in [-0.15, -0.1) is 0 Å². The molecule has 114 valence electrons. The Balaban J connectivity index is 1.52. The minimum atomic E-state index is 0.308. The number of carbonyl (C=O) groups excluding carboxylic acids is 1. The number of pyridine rings is 1. The molecule has 4 rings (SSSR count). The second kappa shape index (κ2) is 5.12. The fourth-order valence-corrected chi connectivity index (χ4v) is 3.25. The van der Waals surface area contributed by atoms with Gasteiger partial charge in [0, 0.05) is 55.6 Å². The maximum Gasteiger partial charge on any atom is 0.223 e. The molecule has 2 aromatic rings. The van der Waals surface area contributed by atoms with Gasteiger partial charge in [-0.05, 0) is 25.0 Å². The number of likely N-dealkylation sites (tertiary alicyclic amines) is 1. The van der Waals surface area contributed by atoms with Gasteiger partial charge in [0.25, 0.3) is 0 Å². The monoisotopic (exact) mass is 297 g/mol. The molecule has 6 nitrogen and oxygen atoms in total. The van der Waals surface area contributed by atoms with E-state index in [1.54, 1.807) is 12.4 Å². The zero-order chi connectivity index (χ0) is 15.1. The van der Waals surface area contributed by atoms with Gasteiger partial charge in [-0.25, -0.2) is 9.97 Å². The van der Waals surface area contributed by atoms with Crippen molar-refractivity contribution in [1.82, 2.24) is 19.4 Å². The van der Waals surface area contributed by atoms with Crippen molar-refractivity contribution in [1.29, 1.82) is 0 Å². The van der Waals surface area contributed by atoms with E-state index >= 15 is 0 Å². The summed E-state index contributed by atoms with van der Waals surface area (Å²) in [7, 11) is 0.